The summed E-state index contributed by atoms with van der Waals surface area (Å²) in [6, 6.07) is 9.28. The molecule has 94 valence electrons. The van der Waals surface area contributed by atoms with Gasteiger partial charge in [0.05, 0.1) is 0 Å². The lowest BCUT2D eigenvalue weighted by atomic mass is 10.2. The number of rotatable bonds is 6. The zero-order valence-corrected chi connectivity index (χ0v) is 10.6. The van der Waals surface area contributed by atoms with Gasteiger partial charge >= 0.3 is 7.60 Å². The molecule has 0 spiro atoms. The predicted molar refractivity (Wildman–Crippen MR) is 63.6 cm³/mol. The molecule has 17 heavy (non-hydrogen) atoms. The summed E-state index contributed by atoms with van der Waals surface area (Å²) in [6.07, 6.45) is 0. The van der Waals surface area contributed by atoms with Crippen LogP contribution in [0.4, 0.5) is 0 Å². The van der Waals surface area contributed by atoms with E-state index in [0.29, 0.717) is 0 Å². The molecule has 1 rings (SSSR count). The fraction of sp³-hybridized carbons (Fsp3) is 0.273. The molecule has 6 heteroatoms. The number of hydrogen-bond acceptors (Lipinski definition) is 5. The highest BCUT2D eigenvalue weighted by Crippen LogP contribution is 2.48. The summed E-state index contributed by atoms with van der Waals surface area (Å²) < 4.78 is 25.9. The van der Waals surface area contributed by atoms with E-state index in [4.69, 9.17) is 4.74 Å². The van der Waals surface area contributed by atoms with Gasteiger partial charge in [0.15, 0.2) is 0 Å². The van der Waals surface area contributed by atoms with E-state index in [1.807, 2.05) is 30.3 Å². The number of hydrogen-bond donors (Lipinski definition) is 1. The summed E-state index contributed by atoms with van der Waals surface area (Å²) in [5.41, 5.74) is 0.886. The second-order valence-corrected chi connectivity index (χ2v) is 5.21. The molecule has 1 aromatic carbocycles. The van der Waals surface area contributed by atoms with Crippen LogP contribution >= 0.6 is 7.60 Å². The van der Waals surface area contributed by atoms with E-state index in [0.717, 1.165) is 11.4 Å². The van der Waals surface area contributed by atoms with Gasteiger partial charge in [0.1, 0.15) is 12.4 Å². The monoisotopic (exact) mass is 258 g/mol. The van der Waals surface area contributed by atoms with E-state index in [9.17, 15) is 9.67 Å². The maximum atomic E-state index is 11.6. The SMILES string of the molecule is COP(=O)(/C=C(\O)OCc1ccccc1)OC. The molecule has 0 aliphatic rings. The van der Waals surface area contributed by atoms with Gasteiger partial charge in [-0.15, -0.1) is 0 Å². The summed E-state index contributed by atoms with van der Waals surface area (Å²) in [4.78, 5) is 0. The summed E-state index contributed by atoms with van der Waals surface area (Å²) >= 11 is 0. The third-order valence-electron chi connectivity index (χ3n) is 2.01. The number of ether oxygens (including phenoxy) is 1. The lowest BCUT2D eigenvalue weighted by molar-refractivity contribution is 0.0827. The summed E-state index contributed by atoms with van der Waals surface area (Å²) in [5, 5.41) is 9.42. The number of aliphatic hydroxyl groups excluding tert-OH is 1. The fourth-order valence-corrected chi connectivity index (χ4v) is 1.79. The van der Waals surface area contributed by atoms with Crippen LogP contribution in [-0.4, -0.2) is 19.3 Å². The van der Waals surface area contributed by atoms with Gasteiger partial charge in [0, 0.05) is 14.2 Å². The van der Waals surface area contributed by atoms with Crippen molar-refractivity contribution in [1.29, 1.82) is 0 Å². The summed E-state index contributed by atoms with van der Waals surface area (Å²) in [5.74, 6) is 0.441. The number of benzene rings is 1. The average molecular weight is 258 g/mol. The zero-order valence-electron chi connectivity index (χ0n) is 9.70. The largest absolute Gasteiger partial charge is 0.481 e. The van der Waals surface area contributed by atoms with E-state index in [1.165, 1.54) is 14.2 Å². The van der Waals surface area contributed by atoms with Crippen LogP contribution in [0.25, 0.3) is 0 Å². The Kier molecular flexibility index (Phi) is 5.22. The second kappa shape index (κ2) is 6.45. The molecule has 0 unspecified atom stereocenters. The first-order valence-electron chi connectivity index (χ1n) is 4.89. The average Bonchev–Trinajstić information content (AvgIpc) is 2.37. The maximum Gasteiger partial charge on any atom is 0.360 e. The number of aliphatic hydroxyl groups is 1. The van der Waals surface area contributed by atoms with Crippen molar-refractivity contribution in [2.75, 3.05) is 14.2 Å². The van der Waals surface area contributed by atoms with E-state index in [1.54, 1.807) is 0 Å². The minimum Gasteiger partial charge on any atom is -0.481 e. The van der Waals surface area contributed by atoms with Gasteiger partial charge in [-0.1, -0.05) is 30.3 Å². The molecule has 0 amide bonds. The van der Waals surface area contributed by atoms with Crippen molar-refractivity contribution < 1.29 is 23.5 Å². The van der Waals surface area contributed by atoms with Crippen LogP contribution in [0.2, 0.25) is 0 Å². The third-order valence-corrected chi connectivity index (χ3v) is 3.56. The Bertz CT molecular complexity index is 407. The highest BCUT2D eigenvalue weighted by atomic mass is 31.2. The van der Waals surface area contributed by atoms with Crippen molar-refractivity contribution in [2.45, 2.75) is 6.61 Å². The molecule has 0 fully saturated rings. The summed E-state index contributed by atoms with van der Waals surface area (Å²) in [7, 11) is -0.941. The van der Waals surface area contributed by atoms with Crippen molar-refractivity contribution in [2.24, 2.45) is 0 Å². The van der Waals surface area contributed by atoms with Crippen LogP contribution in [0, 0.1) is 0 Å². The standard InChI is InChI=1S/C11H15O5P/c1-14-17(13,15-2)9-11(12)16-8-10-6-4-3-5-7-10/h3-7,9,12H,8H2,1-2H3/b11-9+. The third kappa shape index (κ3) is 4.61. The first-order valence-corrected chi connectivity index (χ1v) is 6.50. The van der Waals surface area contributed by atoms with Crippen LogP contribution in [0.5, 0.6) is 0 Å². The Labute approximate surface area is 100 Å². The minimum absolute atomic E-state index is 0.177. The van der Waals surface area contributed by atoms with Gasteiger partial charge in [-0.2, -0.15) is 0 Å². The second-order valence-electron chi connectivity index (χ2n) is 3.15. The Morgan fingerprint density at radius 2 is 1.88 bits per heavy atom. The summed E-state index contributed by atoms with van der Waals surface area (Å²) in [6.45, 7) is 0.177. The van der Waals surface area contributed by atoms with E-state index >= 15 is 0 Å². The molecule has 0 aliphatic carbocycles. The molecular weight excluding hydrogens is 243 g/mol. The molecular formula is C11H15O5P. The zero-order chi connectivity index (χ0) is 12.7. The van der Waals surface area contributed by atoms with Gasteiger partial charge in [0.25, 0.3) is 5.95 Å². The first-order chi connectivity index (χ1) is 8.09. The van der Waals surface area contributed by atoms with Crippen molar-refractivity contribution in [3.63, 3.8) is 0 Å². The Morgan fingerprint density at radius 3 is 2.41 bits per heavy atom. The van der Waals surface area contributed by atoms with E-state index in [2.05, 4.69) is 9.05 Å². The van der Waals surface area contributed by atoms with Crippen molar-refractivity contribution >= 4 is 7.60 Å². The lowest BCUT2D eigenvalue weighted by Crippen LogP contribution is -1.94. The first kappa shape index (κ1) is 13.8. The van der Waals surface area contributed by atoms with Gasteiger partial charge in [-0.3, -0.25) is 4.57 Å². The molecule has 0 saturated heterocycles. The molecule has 0 saturated carbocycles. The predicted octanol–water partition coefficient (Wildman–Crippen LogP) is 3.05. The van der Waals surface area contributed by atoms with Crippen LogP contribution in [0.15, 0.2) is 42.1 Å². The van der Waals surface area contributed by atoms with Crippen LogP contribution in [-0.2, 0) is 25.0 Å². The molecule has 0 heterocycles. The quantitative estimate of drug-likeness (QED) is 0.627. The Hall–Kier alpha value is -1.29. The van der Waals surface area contributed by atoms with Crippen LogP contribution < -0.4 is 0 Å². The molecule has 0 aromatic heterocycles. The molecule has 5 nitrogen and oxygen atoms in total. The molecule has 0 aliphatic heterocycles. The molecule has 1 aromatic rings. The van der Waals surface area contributed by atoms with Crippen LogP contribution in [0.3, 0.4) is 0 Å². The fourth-order valence-electron chi connectivity index (χ4n) is 1.08. The van der Waals surface area contributed by atoms with Gasteiger partial charge in [0.2, 0.25) is 0 Å². The smallest absolute Gasteiger partial charge is 0.360 e. The molecule has 0 bridgehead atoms. The Balaban J connectivity index is 2.58. The minimum atomic E-state index is -3.40. The van der Waals surface area contributed by atoms with E-state index < -0.39 is 13.5 Å². The Morgan fingerprint density at radius 1 is 1.29 bits per heavy atom. The topological polar surface area (TPSA) is 65.0 Å². The van der Waals surface area contributed by atoms with Gasteiger partial charge in [-0.05, 0) is 5.56 Å². The van der Waals surface area contributed by atoms with Crippen LogP contribution in [0.1, 0.15) is 5.56 Å². The molecule has 0 atom stereocenters. The lowest BCUT2D eigenvalue weighted by Gasteiger charge is -2.10. The molecule has 0 radical (unpaired) electrons. The van der Waals surface area contributed by atoms with Crippen molar-refractivity contribution in [3.8, 4) is 0 Å². The highest BCUT2D eigenvalue weighted by molar-refractivity contribution is 7.57. The maximum absolute atomic E-state index is 11.6. The van der Waals surface area contributed by atoms with Gasteiger partial charge < -0.3 is 18.9 Å². The van der Waals surface area contributed by atoms with Gasteiger partial charge in [-0.25, -0.2) is 0 Å². The van der Waals surface area contributed by atoms with E-state index in [-0.39, 0.29) is 6.61 Å². The van der Waals surface area contributed by atoms with Crippen molar-refractivity contribution in [3.05, 3.63) is 47.7 Å². The molecule has 1 N–H and O–H groups in total. The van der Waals surface area contributed by atoms with Crippen molar-refractivity contribution in [1.82, 2.24) is 0 Å². The highest BCUT2D eigenvalue weighted by Gasteiger charge is 2.19. The normalized spacial score (nSPS) is 12.5.